The molecule has 0 radical (unpaired) electrons. The van der Waals surface area contributed by atoms with Crippen LogP contribution in [0.1, 0.15) is 83.0 Å². The van der Waals surface area contributed by atoms with Gasteiger partial charge in [-0.25, -0.2) is 0 Å². The van der Waals surface area contributed by atoms with Gasteiger partial charge in [-0.05, 0) is 63.0 Å². The van der Waals surface area contributed by atoms with Gasteiger partial charge >= 0.3 is 0 Å². The van der Waals surface area contributed by atoms with Gasteiger partial charge in [0.25, 0.3) is 5.91 Å². The number of rotatable bonds is 15. The summed E-state index contributed by atoms with van der Waals surface area (Å²) in [5.74, 6) is -0.0561. The molecule has 0 aliphatic carbocycles. The van der Waals surface area contributed by atoms with Gasteiger partial charge in [-0.1, -0.05) is 39.4 Å². The van der Waals surface area contributed by atoms with Crippen LogP contribution in [0.15, 0.2) is 22.7 Å². The fourth-order valence-corrected chi connectivity index (χ4v) is 4.79. The zero-order valence-corrected chi connectivity index (χ0v) is 25.4. The first kappa shape index (κ1) is 32.8. The summed E-state index contributed by atoms with van der Waals surface area (Å²) in [6, 6.07) is 0.543. The number of hydrogen-bond donors (Lipinski definition) is 3. The maximum absolute atomic E-state index is 13.1. The predicted octanol–water partition coefficient (Wildman–Crippen LogP) is 2.81. The summed E-state index contributed by atoms with van der Waals surface area (Å²) in [5.41, 5.74) is 0.548. The highest BCUT2D eigenvalue weighted by atomic mass is 16.6. The Kier molecular flexibility index (Phi) is 12.4. The normalized spacial score (nSPS) is 21.0. The van der Waals surface area contributed by atoms with Crippen molar-refractivity contribution < 1.29 is 28.4 Å². The number of carbonyl (C=O) groups is 3. The molecule has 2 aliphatic rings. The number of nitrogens with zero attached hydrogens (tertiary/aromatic N) is 2. The Morgan fingerprint density at radius 1 is 1.05 bits per heavy atom. The van der Waals surface area contributed by atoms with Crippen LogP contribution in [-0.2, 0) is 25.6 Å². The van der Waals surface area contributed by atoms with Gasteiger partial charge in [0.1, 0.15) is 11.6 Å². The smallest absolute Gasteiger partial charge is 0.274 e. The third-order valence-corrected chi connectivity index (χ3v) is 7.53. The summed E-state index contributed by atoms with van der Waals surface area (Å²) in [5, 5.41) is 12.4. The van der Waals surface area contributed by atoms with Crippen LogP contribution in [-0.4, -0.2) is 84.9 Å². The van der Waals surface area contributed by atoms with E-state index in [9.17, 15) is 14.4 Å². The summed E-state index contributed by atoms with van der Waals surface area (Å²) >= 11 is 0. The highest BCUT2D eigenvalue weighted by molar-refractivity contribution is 5.96. The van der Waals surface area contributed by atoms with Crippen molar-refractivity contribution in [1.29, 1.82) is 0 Å². The van der Waals surface area contributed by atoms with Crippen molar-refractivity contribution in [2.24, 2.45) is 11.8 Å². The first-order valence-electron chi connectivity index (χ1n) is 14.9. The third-order valence-electron chi connectivity index (χ3n) is 7.53. The van der Waals surface area contributed by atoms with Gasteiger partial charge in [-0.15, -0.1) is 0 Å². The van der Waals surface area contributed by atoms with Crippen LogP contribution < -0.4 is 16.0 Å². The highest BCUT2D eigenvalue weighted by Crippen LogP contribution is 2.36. The summed E-state index contributed by atoms with van der Waals surface area (Å²) < 4.78 is 16.5. The molecule has 1 unspecified atom stereocenters. The van der Waals surface area contributed by atoms with E-state index in [1.807, 2.05) is 20.8 Å². The van der Waals surface area contributed by atoms with Crippen molar-refractivity contribution in [1.82, 2.24) is 26.0 Å². The van der Waals surface area contributed by atoms with Gasteiger partial charge in [-0.3, -0.25) is 19.3 Å². The molecule has 0 spiro atoms. The van der Waals surface area contributed by atoms with Crippen molar-refractivity contribution in [3.63, 3.8) is 0 Å². The number of amides is 3. The number of aromatic nitrogens is 1. The molecule has 2 aliphatic heterocycles. The van der Waals surface area contributed by atoms with Crippen LogP contribution >= 0.6 is 0 Å². The molecule has 41 heavy (non-hydrogen) atoms. The summed E-state index contributed by atoms with van der Waals surface area (Å²) in [4.78, 5) is 41.1. The van der Waals surface area contributed by atoms with E-state index in [2.05, 4.69) is 46.4 Å². The van der Waals surface area contributed by atoms with Crippen LogP contribution in [0.2, 0.25) is 0 Å². The summed E-state index contributed by atoms with van der Waals surface area (Å²) in [6.45, 7) is 18.4. The predicted molar refractivity (Wildman–Crippen MR) is 155 cm³/mol. The van der Waals surface area contributed by atoms with Crippen LogP contribution in [0, 0.1) is 11.8 Å². The van der Waals surface area contributed by atoms with Gasteiger partial charge in [0.2, 0.25) is 11.8 Å². The van der Waals surface area contributed by atoms with Gasteiger partial charge in [0.15, 0.2) is 11.5 Å². The Labute approximate surface area is 244 Å². The fourth-order valence-electron chi connectivity index (χ4n) is 4.79. The second-order valence-corrected chi connectivity index (χ2v) is 12.3. The third kappa shape index (κ3) is 10.9. The van der Waals surface area contributed by atoms with E-state index >= 15 is 0 Å². The second kappa shape index (κ2) is 15.5. The number of carbonyl (C=O) groups excluding carboxylic acids is 3. The van der Waals surface area contributed by atoms with E-state index in [-0.39, 0.29) is 30.1 Å². The van der Waals surface area contributed by atoms with Crippen LogP contribution in [0.25, 0.3) is 0 Å². The minimum Gasteiger partial charge on any atom is -0.380 e. The Bertz CT molecular complexity index is 1030. The van der Waals surface area contributed by atoms with Gasteiger partial charge < -0.3 is 29.9 Å². The topological polar surface area (TPSA) is 138 Å². The zero-order valence-electron chi connectivity index (χ0n) is 25.4. The molecule has 0 bridgehead atoms. The van der Waals surface area contributed by atoms with Crippen molar-refractivity contribution in [2.75, 3.05) is 39.5 Å². The van der Waals surface area contributed by atoms with Crippen molar-refractivity contribution >= 4 is 17.7 Å². The molecule has 3 amide bonds. The van der Waals surface area contributed by atoms with E-state index in [0.717, 1.165) is 51.0 Å². The fraction of sp³-hybridized carbons (Fsp3) is 0.733. The minimum atomic E-state index is -0.826. The molecule has 3 rings (SSSR count). The minimum absolute atomic E-state index is 0.116. The molecule has 11 nitrogen and oxygen atoms in total. The standard InChI is InChI=1S/C30H49N5O6/c1-20(2)9-10-24(22(5)30(6)19-40-30)32-27(36)17-31-28(37)25(15-21(3)4)33-29(38)26-16-23(41-34-26)18-35-11-7-8-13-39-14-12-35/h16,20-21,24-25H,5,7-15,17-19H2,1-4,6H3,(H,31,37)(H,32,36)(H,33,38)/t24-,25-,30?/m0/s1. The largest absolute Gasteiger partial charge is 0.380 e. The Hall–Kier alpha value is -2.76. The molecule has 0 saturated carbocycles. The van der Waals surface area contributed by atoms with E-state index in [4.69, 9.17) is 14.0 Å². The number of ether oxygens (including phenoxy) is 2. The quantitative estimate of drug-likeness (QED) is 0.214. The number of epoxide rings is 1. The Morgan fingerprint density at radius 3 is 2.49 bits per heavy atom. The Morgan fingerprint density at radius 2 is 1.80 bits per heavy atom. The molecule has 2 fully saturated rings. The number of hydrogen-bond acceptors (Lipinski definition) is 8. The molecule has 1 aromatic heterocycles. The van der Waals surface area contributed by atoms with Gasteiger partial charge in [0, 0.05) is 19.2 Å². The molecule has 11 heteroatoms. The van der Waals surface area contributed by atoms with E-state index in [1.54, 1.807) is 6.07 Å². The van der Waals surface area contributed by atoms with Crippen LogP contribution in [0.3, 0.4) is 0 Å². The zero-order chi connectivity index (χ0) is 30.0. The molecule has 3 heterocycles. The average molecular weight is 576 g/mol. The van der Waals surface area contributed by atoms with E-state index in [0.29, 0.717) is 37.9 Å². The lowest BCUT2D eigenvalue weighted by Gasteiger charge is -2.25. The van der Waals surface area contributed by atoms with Gasteiger partial charge in [0.05, 0.1) is 32.3 Å². The molecular formula is C30H49N5O6. The first-order valence-corrected chi connectivity index (χ1v) is 14.9. The highest BCUT2D eigenvalue weighted by Gasteiger charge is 2.45. The van der Waals surface area contributed by atoms with Crippen molar-refractivity contribution in [2.45, 2.75) is 91.0 Å². The van der Waals surface area contributed by atoms with Crippen molar-refractivity contribution in [3.8, 4) is 0 Å². The molecule has 3 atom stereocenters. The molecule has 1 aromatic rings. The Balaban J connectivity index is 1.53. The van der Waals surface area contributed by atoms with Crippen LogP contribution in [0.4, 0.5) is 0 Å². The monoisotopic (exact) mass is 575 g/mol. The lowest BCUT2D eigenvalue weighted by atomic mass is 9.91. The molecule has 0 aromatic carbocycles. The summed E-state index contributed by atoms with van der Waals surface area (Å²) in [6.07, 6.45) is 4.12. The molecule has 3 N–H and O–H groups in total. The van der Waals surface area contributed by atoms with E-state index in [1.165, 1.54) is 0 Å². The van der Waals surface area contributed by atoms with Gasteiger partial charge in [-0.2, -0.15) is 0 Å². The lowest BCUT2D eigenvalue weighted by Crippen LogP contribution is -2.50. The first-order chi connectivity index (χ1) is 19.5. The lowest BCUT2D eigenvalue weighted by molar-refractivity contribution is -0.127. The van der Waals surface area contributed by atoms with Crippen LogP contribution in [0.5, 0.6) is 0 Å². The molecular weight excluding hydrogens is 526 g/mol. The second-order valence-electron chi connectivity index (χ2n) is 12.3. The maximum Gasteiger partial charge on any atom is 0.274 e. The summed E-state index contributed by atoms with van der Waals surface area (Å²) in [7, 11) is 0. The average Bonchev–Trinajstić information content (AvgIpc) is 3.47. The maximum atomic E-state index is 13.1. The SMILES string of the molecule is C=C([C@H](CCC(C)C)NC(=O)CNC(=O)[C@H](CC(C)C)NC(=O)c1cc(CN2CCCCOCC2)on1)C1(C)CO1. The molecule has 230 valence electrons. The molecule has 2 saturated heterocycles. The number of nitrogens with one attached hydrogen (secondary N) is 3. The van der Waals surface area contributed by atoms with Crippen molar-refractivity contribution in [3.05, 3.63) is 29.7 Å². The van der Waals surface area contributed by atoms with E-state index < -0.39 is 23.5 Å².